The monoisotopic (exact) mass is 656 g/mol. The van der Waals surface area contributed by atoms with Crippen LogP contribution in [0, 0.1) is 41.5 Å². The summed E-state index contributed by atoms with van der Waals surface area (Å²) in [7, 11) is 0. The number of terminal acetylenes is 1. The van der Waals surface area contributed by atoms with Gasteiger partial charge in [0.05, 0.1) is 38.5 Å². The number of nitrogen functional groups attached to an aromatic ring is 1. The fourth-order valence-corrected chi connectivity index (χ4v) is 7.42. The van der Waals surface area contributed by atoms with Gasteiger partial charge in [-0.1, -0.05) is 5.92 Å². The van der Waals surface area contributed by atoms with E-state index in [9.17, 15) is 17.6 Å². The Morgan fingerprint density at radius 3 is 2.74 bits per heavy atom. The van der Waals surface area contributed by atoms with Crippen LogP contribution in [-0.2, 0) is 4.74 Å². The van der Waals surface area contributed by atoms with Gasteiger partial charge in [-0.2, -0.15) is 9.97 Å². The van der Waals surface area contributed by atoms with Crippen molar-refractivity contribution in [1.82, 2.24) is 19.9 Å². The van der Waals surface area contributed by atoms with Gasteiger partial charge in [0.2, 0.25) is 0 Å². The lowest BCUT2D eigenvalue weighted by atomic mass is 9.94. The van der Waals surface area contributed by atoms with E-state index in [1.54, 1.807) is 9.80 Å². The first-order valence-corrected chi connectivity index (χ1v) is 15.2. The van der Waals surface area contributed by atoms with Crippen LogP contribution in [0.15, 0.2) is 18.3 Å². The van der Waals surface area contributed by atoms with Gasteiger partial charge < -0.3 is 20.1 Å². The summed E-state index contributed by atoms with van der Waals surface area (Å²) in [6.45, 7) is -1.57. The Morgan fingerprint density at radius 1 is 1.11 bits per heavy atom. The topological polar surface area (TPSA) is 89.6 Å². The molecule has 0 unspecified atom stereocenters. The minimum Gasteiger partial charge on any atom is -0.461 e. The molecule has 5 atom stereocenters. The van der Waals surface area contributed by atoms with Crippen molar-refractivity contribution in [2.24, 2.45) is 5.92 Å². The van der Waals surface area contributed by atoms with E-state index in [0.29, 0.717) is 19.4 Å². The minimum atomic E-state index is -2.54. The molecule has 4 aromatic rings. The second-order valence-corrected chi connectivity index (χ2v) is 12.4. The van der Waals surface area contributed by atoms with Gasteiger partial charge in [0.15, 0.2) is 23.3 Å². The first-order chi connectivity index (χ1) is 23.4. The van der Waals surface area contributed by atoms with Crippen LogP contribution in [0.2, 0.25) is 0 Å². The maximum absolute atomic E-state index is 16.9. The number of alkyl halides is 2. The summed E-state index contributed by atoms with van der Waals surface area (Å²) in [5.41, 5.74) is 2.59. The highest BCUT2D eigenvalue weighted by atomic mass is 19.2. The fourth-order valence-electron chi connectivity index (χ4n) is 7.42. The van der Waals surface area contributed by atoms with Crippen molar-refractivity contribution in [2.45, 2.75) is 43.2 Å². The van der Waals surface area contributed by atoms with Crippen LogP contribution >= 0.6 is 0 Å². The molecule has 2 N–H and O–H groups in total. The Balaban J connectivity index is 1.34. The summed E-state index contributed by atoms with van der Waals surface area (Å²) >= 11 is 0. The van der Waals surface area contributed by atoms with Gasteiger partial charge in [0, 0.05) is 53.6 Å². The van der Waals surface area contributed by atoms with Crippen molar-refractivity contribution in [1.29, 1.82) is 0 Å². The van der Waals surface area contributed by atoms with E-state index in [1.807, 2.05) is 5.92 Å². The Kier molecular flexibility index (Phi) is 6.40. The normalized spacial score (nSPS) is 28.1. The lowest BCUT2D eigenvalue weighted by Crippen LogP contribution is -2.43. The highest BCUT2D eigenvalue weighted by Crippen LogP contribution is 2.46. The summed E-state index contributed by atoms with van der Waals surface area (Å²) < 4.78 is 120. The molecule has 1 saturated carbocycles. The zero-order valence-electron chi connectivity index (χ0n) is 26.7. The minimum absolute atomic E-state index is 0.00644. The van der Waals surface area contributed by atoms with E-state index >= 15 is 8.78 Å². The molecule has 14 heteroatoms. The molecule has 47 heavy (non-hydrogen) atoms. The van der Waals surface area contributed by atoms with Crippen LogP contribution < -0.4 is 15.4 Å². The third kappa shape index (κ3) is 4.57. The number of nitrogens with two attached hydrogens (primary N) is 1. The number of halogens is 6. The van der Waals surface area contributed by atoms with Gasteiger partial charge in [-0.05, 0) is 31.5 Å². The third-order valence-electron chi connectivity index (χ3n) is 9.68. The molecule has 5 heterocycles. The van der Waals surface area contributed by atoms with Gasteiger partial charge in [-0.3, -0.25) is 9.88 Å². The standard InChI is InChI=1S/C33H28F6N6O2/c1-2-17-22-18(24(36)26(38)23(17)35)8-16(40)9-19(22)28-27(39)29-20(11-41-28)31(45-6-7-46-13-21-25(37)30(21)45)43-32(42-29)47-14-33-4-3-5-44(33)12-15(34)10-33/h1,8-9,11,15,21,25,30H,3-7,10,12-14,40H2/t15-,21+,25+,30+,33+/m1/s1/i14D2. The second-order valence-electron chi connectivity index (χ2n) is 12.4. The molecule has 1 aliphatic carbocycles. The molecule has 4 fully saturated rings. The van der Waals surface area contributed by atoms with E-state index in [1.165, 1.54) is 12.3 Å². The Morgan fingerprint density at radius 2 is 1.94 bits per heavy atom. The van der Waals surface area contributed by atoms with Crippen molar-refractivity contribution in [3.63, 3.8) is 0 Å². The zero-order valence-corrected chi connectivity index (χ0v) is 24.7. The second kappa shape index (κ2) is 10.8. The van der Waals surface area contributed by atoms with Crippen LogP contribution in [-0.4, -0.2) is 83.2 Å². The molecule has 0 radical (unpaired) electrons. The molecule has 0 bridgehead atoms. The van der Waals surface area contributed by atoms with Crippen molar-refractivity contribution >= 4 is 33.2 Å². The smallest absolute Gasteiger partial charge is 0.319 e. The number of fused-ring (bicyclic) bond motifs is 4. The number of hydrogen-bond donors (Lipinski definition) is 1. The number of benzene rings is 2. The van der Waals surface area contributed by atoms with Gasteiger partial charge in [-0.25, -0.2) is 26.3 Å². The van der Waals surface area contributed by atoms with Crippen LogP contribution in [0.1, 0.15) is 27.6 Å². The van der Waals surface area contributed by atoms with E-state index in [-0.39, 0.29) is 60.6 Å². The summed E-state index contributed by atoms with van der Waals surface area (Å²) in [4.78, 5) is 16.2. The maximum Gasteiger partial charge on any atom is 0.319 e. The zero-order chi connectivity index (χ0) is 34.6. The summed E-state index contributed by atoms with van der Waals surface area (Å²) in [5, 5.41) is -0.882. The van der Waals surface area contributed by atoms with Gasteiger partial charge in [-0.15, -0.1) is 6.42 Å². The average Bonchev–Trinajstić information content (AvgIpc) is 3.42. The summed E-state index contributed by atoms with van der Waals surface area (Å²) in [5.74, 6) is -4.73. The number of rotatable bonds is 5. The van der Waals surface area contributed by atoms with Crippen molar-refractivity contribution in [2.75, 3.05) is 50.0 Å². The number of nitrogens with zero attached hydrogens (tertiary/aromatic N) is 5. The van der Waals surface area contributed by atoms with E-state index < -0.39 is 87.8 Å². The molecular weight excluding hydrogens is 626 g/mol. The van der Waals surface area contributed by atoms with Crippen molar-refractivity contribution in [3.05, 3.63) is 47.2 Å². The average molecular weight is 657 g/mol. The van der Waals surface area contributed by atoms with Gasteiger partial charge in [0.1, 0.15) is 35.9 Å². The predicted octanol–water partition coefficient (Wildman–Crippen LogP) is 5.09. The molecule has 2 aromatic heterocycles. The third-order valence-corrected chi connectivity index (χ3v) is 9.68. The first-order valence-electron chi connectivity index (χ1n) is 16.2. The fraction of sp³-hybridized carbons (Fsp3) is 0.424. The Hall–Kier alpha value is -4.35. The number of ether oxygens (including phenoxy) is 2. The van der Waals surface area contributed by atoms with Crippen LogP contribution in [0.5, 0.6) is 6.01 Å². The SMILES string of the molecule is [2H]C([2H])(Oc1nc(N2CCOC[C@H]3[C@H](F)[C@H]32)c2cnc(-c3cc(N)cc4c(F)c(F)c(F)c(C#C)c34)c(F)c2n1)[C@@]12CCCN1C[C@H](F)C2. The number of anilines is 2. The lowest BCUT2D eigenvalue weighted by Gasteiger charge is -2.31. The molecule has 4 aliphatic rings. The maximum atomic E-state index is 16.9. The summed E-state index contributed by atoms with van der Waals surface area (Å²) in [6.07, 6.45) is 4.89. The summed E-state index contributed by atoms with van der Waals surface area (Å²) in [6, 6.07) is 0.912. The molecular formula is C33H28F6N6O2. The van der Waals surface area contributed by atoms with Crippen LogP contribution in [0.25, 0.3) is 32.9 Å². The predicted molar refractivity (Wildman–Crippen MR) is 161 cm³/mol. The Labute approximate surface area is 267 Å². The highest BCUT2D eigenvalue weighted by molar-refractivity contribution is 6.04. The van der Waals surface area contributed by atoms with Crippen molar-refractivity contribution in [3.8, 4) is 29.6 Å². The largest absolute Gasteiger partial charge is 0.461 e. The molecule has 0 spiro atoms. The molecule has 0 amide bonds. The van der Waals surface area contributed by atoms with E-state index in [4.69, 9.17) is 24.4 Å². The molecule has 3 saturated heterocycles. The van der Waals surface area contributed by atoms with Gasteiger partial charge in [0.25, 0.3) is 0 Å². The Bertz CT molecular complexity index is 2100. The van der Waals surface area contributed by atoms with Crippen LogP contribution in [0.4, 0.5) is 37.8 Å². The first kappa shape index (κ1) is 27.7. The van der Waals surface area contributed by atoms with Crippen LogP contribution in [0.3, 0.4) is 0 Å². The molecule has 3 aliphatic heterocycles. The molecule has 2 aromatic carbocycles. The molecule has 8 nitrogen and oxygen atoms in total. The highest BCUT2D eigenvalue weighted by Gasteiger charge is 2.56. The van der Waals surface area contributed by atoms with Crippen molar-refractivity contribution < 1.29 is 38.6 Å². The van der Waals surface area contributed by atoms with E-state index in [2.05, 4.69) is 15.0 Å². The number of aromatic nitrogens is 3. The number of pyridine rings is 1. The molecule has 244 valence electrons. The van der Waals surface area contributed by atoms with E-state index in [0.717, 1.165) is 6.07 Å². The molecule has 8 rings (SSSR count). The number of hydrogen-bond acceptors (Lipinski definition) is 8. The van der Waals surface area contributed by atoms with Gasteiger partial charge >= 0.3 is 6.01 Å². The quantitative estimate of drug-likeness (QED) is 0.138. The lowest BCUT2D eigenvalue weighted by molar-refractivity contribution is 0.107.